The zero-order valence-corrected chi connectivity index (χ0v) is 9.30. The fourth-order valence-corrected chi connectivity index (χ4v) is 1.22. The van der Waals surface area contributed by atoms with Crippen LogP contribution < -0.4 is 11.2 Å². The molecule has 5 heteroatoms. The molecule has 1 rings (SSSR count). The number of nitrogens with zero attached hydrogens (tertiary/aromatic N) is 1. The van der Waals surface area contributed by atoms with E-state index in [1.807, 2.05) is 13.0 Å². The maximum Gasteiger partial charge on any atom is 0.184 e. The molecule has 0 aliphatic rings. The normalized spacial score (nSPS) is 11.1. The van der Waals surface area contributed by atoms with E-state index in [0.717, 1.165) is 17.7 Å². The van der Waals surface area contributed by atoms with E-state index in [4.69, 9.17) is 10.2 Å². The fourth-order valence-electron chi connectivity index (χ4n) is 1.17. The van der Waals surface area contributed by atoms with Crippen LogP contribution in [0.2, 0.25) is 0 Å². The molecule has 0 fully saturated rings. The second-order valence-electron chi connectivity index (χ2n) is 2.79. The number of furan rings is 1. The summed E-state index contributed by atoms with van der Waals surface area (Å²) in [5.74, 6) is 0.860. The molecule has 0 saturated carbocycles. The van der Waals surface area contributed by atoms with Crippen LogP contribution in [-0.4, -0.2) is 10.8 Å². The van der Waals surface area contributed by atoms with Crippen molar-refractivity contribution in [1.29, 1.82) is 0 Å². The van der Waals surface area contributed by atoms with Crippen LogP contribution in [0.15, 0.2) is 34.5 Å². The second-order valence-corrected chi connectivity index (χ2v) is 3.23. The Morgan fingerprint density at radius 3 is 3.07 bits per heavy atom. The molecular formula is C10H13N3OS. The predicted octanol–water partition coefficient (Wildman–Crippen LogP) is 1.57. The Kier molecular flexibility index (Phi) is 4.05. The third-order valence-electron chi connectivity index (χ3n) is 1.82. The minimum absolute atomic E-state index is 0.121. The summed E-state index contributed by atoms with van der Waals surface area (Å²) in [6.07, 6.45) is 4.03. The summed E-state index contributed by atoms with van der Waals surface area (Å²) < 4.78 is 5.28. The summed E-state index contributed by atoms with van der Waals surface area (Å²) >= 11 is 4.65. The van der Waals surface area contributed by atoms with Crippen molar-refractivity contribution in [2.75, 3.05) is 0 Å². The number of rotatable bonds is 4. The number of hydrazone groups is 1. The molecule has 0 radical (unpaired) electrons. The number of hydrogen-bond donors (Lipinski definition) is 2. The molecular weight excluding hydrogens is 210 g/mol. The van der Waals surface area contributed by atoms with E-state index in [0.29, 0.717) is 5.71 Å². The van der Waals surface area contributed by atoms with E-state index < -0.39 is 0 Å². The van der Waals surface area contributed by atoms with Crippen molar-refractivity contribution in [2.45, 2.75) is 13.3 Å². The van der Waals surface area contributed by atoms with E-state index >= 15 is 0 Å². The lowest BCUT2D eigenvalue weighted by Crippen LogP contribution is -2.25. The highest BCUT2D eigenvalue weighted by Gasteiger charge is 2.08. The third kappa shape index (κ3) is 2.92. The number of nitrogens with one attached hydrogen (secondary N) is 1. The van der Waals surface area contributed by atoms with Crippen LogP contribution in [0, 0.1) is 0 Å². The Labute approximate surface area is 93.8 Å². The zero-order chi connectivity index (χ0) is 11.3. The number of hydrogen-bond acceptors (Lipinski definition) is 3. The monoisotopic (exact) mass is 223 g/mol. The van der Waals surface area contributed by atoms with E-state index in [-0.39, 0.29) is 5.11 Å². The summed E-state index contributed by atoms with van der Waals surface area (Å²) in [6.45, 7) is 5.68. The van der Waals surface area contributed by atoms with Gasteiger partial charge in [-0.3, -0.25) is 5.43 Å². The molecule has 1 heterocycles. The molecule has 15 heavy (non-hydrogen) atoms. The van der Waals surface area contributed by atoms with Gasteiger partial charge in [0.2, 0.25) is 0 Å². The van der Waals surface area contributed by atoms with Crippen LogP contribution >= 0.6 is 12.2 Å². The van der Waals surface area contributed by atoms with Gasteiger partial charge in [-0.2, -0.15) is 5.10 Å². The van der Waals surface area contributed by atoms with Crippen LogP contribution in [0.3, 0.4) is 0 Å². The quantitative estimate of drug-likeness (QED) is 0.462. The zero-order valence-electron chi connectivity index (χ0n) is 8.49. The molecule has 0 amide bonds. The smallest absolute Gasteiger partial charge is 0.184 e. The Morgan fingerprint density at radius 2 is 2.53 bits per heavy atom. The van der Waals surface area contributed by atoms with Crippen LogP contribution in [0.5, 0.6) is 0 Å². The molecule has 0 bridgehead atoms. The maximum absolute atomic E-state index is 5.28. The standard InChI is InChI=1S/C10H13N3OS/c1-3-8(12-13-10(11)15)7-5-6-14-9(7)4-2/h3,5-6H,1,4H2,2H3,(H3,11,13,15)/b12-8+. The van der Waals surface area contributed by atoms with E-state index in [9.17, 15) is 0 Å². The van der Waals surface area contributed by atoms with Crippen molar-refractivity contribution in [3.05, 3.63) is 36.3 Å². The summed E-state index contributed by atoms with van der Waals surface area (Å²) in [7, 11) is 0. The fraction of sp³-hybridized carbons (Fsp3) is 0.200. The van der Waals surface area contributed by atoms with Crippen molar-refractivity contribution in [3.63, 3.8) is 0 Å². The lowest BCUT2D eigenvalue weighted by molar-refractivity contribution is 0.515. The molecule has 0 aliphatic carbocycles. The molecule has 3 N–H and O–H groups in total. The largest absolute Gasteiger partial charge is 0.469 e. The molecule has 80 valence electrons. The first-order valence-electron chi connectivity index (χ1n) is 4.51. The minimum atomic E-state index is 0.121. The van der Waals surface area contributed by atoms with Crippen LogP contribution in [0.25, 0.3) is 0 Å². The van der Waals surface area contributed by atoms with E-state index in [1.54, 1.807) is 12.3 Å². The van der Waals surface area contributed by atoms with E-state index in [1.165, 1.54) is 0 Å². The predicted molar refractivity (Wildman–Crippen MR) is 64.7 cm³/mol. The first kappa shape index (κ1) is 11.5. The first-order valence-corrected chi connectivity index (χ1v) is 4.92. The van der Waals surface area contributed by atoms with Crippen LogP contribution in [0.4, 0.5) is 0 Å². The Morgan fingerprint density at radius 1 is 1.80 bits per heavy atom. The molecule has 1 aromatic heterocycles. The van der Waals surface area contributed by atoms with Gasteiger partial charge in [-0.25, -0.2) is 0 Å². The van der Waals surface area contributed by atoms with Gasteiger partial charge in [-0.15, -0.1) is 0 Å². The molecule has 1 aromatic rings. The average Bonchev–Trinajstić information content (AvgIpc) is 2.66. The topological polar surface area (TPSA) is 63.5 Å². The van der Waals surface area contributed by atoms with Gasteiger partial charge in [0, 0.05) is 12.0 Å². The lowest BCUT2D eigenvalue weighted by Gasteiger charge is -2.01. The highest BCUT2D eigenvalue weighted by atomic mass is 32.1. The van der Waals surface area contributed by atoms with Crippen molar-refractivity contribution in [1.82, 2.24) is 5.43 Å². The number of thiocarbonyl (C=S) groups is 1. The summed E-state index contributed by atoms with van der Waals surface area (Å²) in [4.78, 5) is 0. The SMILES string of the molecule is C=C/C(=N\NC(N)=S)c1ccoc1CC. The molecule has 0 aromatic carbocycles. The van der Waals surface area contributed by atoms with Gasteiger partial charge in [0.15, 0.2) is 5.11 Å². The van der Waals surface area contributed by atoms with Crippen molar-refractivity contribution in [3.8, 4) is 0 Å². The Balaban J connectivity index is 2.96. The van der Waals surface area contributed by atoms with Gasteiger partial charge in [0.25, 0.3) is 0 Å². The molecule has 0 saturated heterocycles. The van der Waals surface area contributed by atoms with Crippen molar-refractivity contribution >= 4 is 23.0 Å². The van der Waals surface area contributed by atoms with Gasteiger partial charge in [0.05, 0.1) is 12.0 Å². The number of allylic oxidation sites excluding steroid dienone is 1. The summed E-state index contributed by atoms with van der Waals surface area (Å²) in [5, 5.41) is 4.14. The number of nitrogens with two attached hydrogens (primary N) is 1. The molecule has 0 atom stereocenters. The van der Waals surface area contributed by atoms with Crippen molar-refractivity contribution < 1.29 is 4.42 Å². The van der Waals surface area contributed by atoms with Crippen LogP contribution in [-0.2, 0) is 6.42 Å². The number of aryl methyl sites for hydroxylation is 1. The molecule has 0 aliphatic heterocycles. The third-order valence-corrected chi connectivity index (χ3v) is 1.91. The highest BCUT2D eigenvalue weighted by Crippen LogP contribution is 2.12. The van der Waals surface area contributed by atoms with Gasteiger partial charge in [-0.1, -0.05) is 13.5 Å². The van der Waals surface area contributed by atoms with Gasteiger partial charge in [-0.05, 0) is 24.4 Å². The second kappa shape index (κ2) is 5.31. The van der Waals surface area contributed by atoms with Crippen molar-refractivity contribution in [2.24, 2.45) is 10.8 Å². The first-order chi connectivity index (χ1) is 7.19. The Hall–Kier alpha value is -1.62. The summed E-state index contributed by atoms with van der Waals surface area (Å²) in [5.41, 5.74) is 9.36. The lowest BCUT2D eigenvalue weighted by atomic mass is 10.1. The van der Waals surface area contributed by atoms with Crippen LogP contribution in [0.1, 0.15) is 18.2 Å². The molecule has 4 nitrogen and oxygen atoms in total. The molecule has 0 spiro atoms. The van der Waals surface area contributed by atoms with Gasteiger partial charge in [0.1, 0.15) is 5.76 Å². The highest BCUT2D eigenvalue weighted by molar-refractivity contribution is 7.80. The Bertz CT molecular complexity index is 395. The maximum atomic E-state index is 5.28. The minimum Gasteiger partial charge on any atom is -0.469 e. The van der Waals surface area contributed by atoms with E-state index in [2.05, 4.69) is 29.3 Å². The summed E-state index contributed by atoms with van der Waals surface area (Å²) in [6, 6.07) is 1.83. The average molecular weight is 223 g/mol. The van der Waals surface area contributed by atoms with Gasteiger partial charge >= 0.3 is 0 Å². The van der Waals surface area contributed by atoms with Gasteiger partial charge < -0.3 is 10.2 Å². The molecule has 0 unspecified atom stereocenters.